The van der Waals surface area contributed by atoms with E-state index >= 15 is 0 Å². The first-order valence-corrected chi connectivity index (χ1v) is 4.45. The maximum Gasteiger partial charge on any atom is 0.224 e. The molecule has 2 aromatic rings. The lowest BCUT2D eigenvalue weighted by molar-refractivity contribution is 0.563. The highest BCUT2D eigenvalue weighted by molar-refractivity contribution is 5.44. The summed E-state index contributed by atoms with van der Waals surface area (Å²) in [5, 5.41) is 4.35. The lowest BCUT2D eigenvalue weighted by Crippen LogP contribution is -2.12. The third kappa shape index (κ3) is 1.30. The Hall–Kier alpha value is -1.65. The van der Waals surface area contributed by atoms with Crippen molar-refractivity contribution in [2.45, 2.75) is 26.2 Å². The molecular formula is C9H13N5. The van der Waals surface area contributed by atoms with Gasteiger partial charge in [0.15, 0.2) is 5.65 Å². The number of rotatable bonds is 0. The Morgan fingerprint density at radius 1 is 1.29 bits per heavy atom. The summed E-state index contributed by atoms with van der Waals surface area (Å²) in [7, 11) is 0. The number of nitrogens with two attached hydrogens (primary N) is 1. The van der Waals surface area contributed by atoms with Gasteiger partial charge < -0.3 is 5.73 Å². The van der Waals surface area contributed by atoms with Crippen molar-refractivity contribution in [2.75, 3.05) is 5.73 Å². The Labute approximate surface area is 82.0 Å². The highest BCUT2D eigenvalue weighted by Gasteiger charge is 2.18. The van der Waals surface area contributed by atoms with E-state index in [9.17, 15) is 0 Å². The average molecular weight is 191 g/mol. The molecule has 0 saturated heterocycles. The fourth-order valence-corrected chi connectivity index (χ4v) is 1.20. The molecule has 0 fully saturated rings. The summed E-state index contributed by atoms with van der Waals surface area (Å²) in [5.74, 6) is 0.366. The lowest BCUT2D eigenvalue weighted by Gasteiger charge is -2.13. The van der Waals surface area contributed by atoms with Gasteiger partial charge in [-0.3, -0.25) is 0 Å². The maximum absolute atomic E-state index is 5.66. The van der Waals surface area contributed by atoms with Crippen molar-refractivity contribution in [3.63, 3.8) is 0 Å². The van der Waals surface area contributed by atoms with Crippen LogP contribution in [-0.2, 0) is 5.41 Å². The van der Waals surface area contributed by atoms with Gasteiger partial charge in [-0.15, -0.1) is 0 Å². The SMILES string of the molecule is CC(C)(C)c1cc2ncnc(N)n2n1. The molecule has 0 spiro atoms. The standard InChI is InChI=1S/C9H13N5/c1-9(2,3)6-4-7-11-5-12-8(10)14(7)13-6/h4-5H,1-3H3,(H2,10,11,12). The van der Waals surface area contributed by atoms with E-state index in [4.69, 9.17) is 5.73 Å². The fourth-order valence-electron chi connectivity index (χ4n) is 1.20. The minimum atomic E-state index is 0.000139. The topological polar surface area (TPSA) is 69.1 Å². The molecule has 2 N–H and O–H groups in total. The summed E-state index contributed by atoms with van der Waals surface area (Å²) < 4.78 is 1.56. The molecule has 0 atom stereocenters. The Kier molecular flexibility index (Phi) is 1.70. The zero-order valence-electron chi connectivity index (χ0n) is 8.52. The number of fused-ring (bicyclic) bond motifs is 1. The summed E-state index contributed by atoms with van der Waals surface area (Å²) in [5.41, 5.74) is 7.36. The molecule has 0 aliphatic heterocycles. The monoisotopic (exact) mass is 191 g/mol. The third-order valence-electron chi connectivity index (χ3n) is 2.06. The van der Waals surface area contributed by atoms with Crippen molar-refractivity contribution in [3.8, 4) is 0 Å². The first-order valence-electron chi connectivity index (χ1n) is 4.45. The van der Waals surface area contributed by atoms with Crippen LogP contribution in [0, 0.1) is 0 Å². The zero-order chi connectivity index (χ0) is 10.3. The van der Waals surface area contributed by atoms with Crippen molar-refractivity contribution in [3.05, 3.63) is 18.1 Å². The van der Waals surface area contributed by atoms with Crippen LogP contribution < -0.4 is 5.73 Å². The lowest BCUT2D eigenvalue weighted by atomic mass is 9.93. The smallest absolute Gasteiger partial charge is 0.224 e. The van der Waals surface area contributed by atoms with Crippen molar-refractivity contribution < 1.29 is 0 Å². The summed E-state index contributed by atoms with van der Waals surface area (Å²) in [6, 6.07) is 1.93. The van der Waals surface area contributed by atoms with E-state index in [2.05, 4.69) is 35.8 Å². The zero-order valence-corrected chi connectivity index (χ0v) is 8.52. The second-order valence-corrected chi connectivity index (χ2v) is 4.28. The number of hydrogen-bond acceptors (Lipinski definition) is 4. The van der Waals surface area contributed by atoms with E-state index in [0.29, 0.717) is 5.95 Å². The predicted molar refractivity (Wildman–Crippen MR) is 53.9 cm³/mol. The molecule has 0 aliphatic carbocycles. The van der Waals surface area contributed by atoms with Gasteiger partial charge in [0, 0.05) is 11.5 Å². The van der Waals surface area contributed by atoms with Crippen LogP contribution in [0.3, 0.4) is 0 Å². The molecule has 0 unspecified atom stereocenters. The Bertz CT molecular complexity index is 465. The molecule has 74 valence electrons. The number of hydrogen-bond donors (Lipinski definition) is 1. The van der Waals surface area contributed by atoms with Crippen molar-refractivity contribution in [1.82, 2.24) is 19.6 Å². The van der Waals surface area contributed by atoms with Crippen LogP contribution in [0.15, 0.2) is 12.4 Å². The Morgan fingerprint density at radius 2 is 2.00 bits per heavy atom. The molecule has 0 radical (unpaired) electrons. The van der Waals surface area contributed by atoms with Crippen LogP contribution >= 0.6 is 0 Å². The summed E-state index contributed by atoms with van der Waals surface area (Å²) >= 11 is 0. The number of nitrogen functional groups attached to an aromatic ring is 1. The predicted octanol–water partition coefficient (Wildman–Crippen LogP) is 1.00. The molecule has 0 bridgehead atoms. The van der Waals surface area contributed by atoms with Crippen LogP contribution in [-0.4, -0.2) is 19.6 Å². The van der Waals surface area contributed by atoms with Gasteiger partial charge >= 0.3 is 0 Å². The van der Waals surface area contributed by atoms with Gasteiger partial charge in [-0.25, -0.2) is 9.97 Å². The summed E-state index contributed by atoms with van der Waals surface area (Å²) in [6.07, 6.45) is 1.44. The molecule has 0 saturated carbocycles. The largest absolute Gasteiger partial charge is 0.368 e. The molecule has 5 heteroatoms. The highest BCUT2D eigenvalue weighted by Crippen LogP contribution is 2.21. The molecule has 2 aromatic heterocycles. The van der Waals surface area contributed by atoms with Crippen LogP contribution in [0.2, 0.25) is 0 Å². The second kappa shape index (κ2) is 2.67. The van der Waals surface area contributed by atoms with Crippen LogP contribution in [0.4, 0.5) is 5.95 Å². The van der Waals surface area contributed by atoms with E-state index < -0.39 is 0 Å². The highest BCUT2D eigenvalue weighted by atomic mass is 15.3. The normalized spacial score (nSPS) is 12.2. The molecule has 0 amide bonds. The van der Waals surface area contributed by atoms with Crippen LogP contribution in [0.5, 0.6) is 0 Å². The van der Waals surface area contributed by atoms with Crippen molar-refractivity contribution in [1.29, 1.82) is 0 Å². The van der Waals surface area contributed by atoms with Gasteiger partial charge in [-0.05, 0) is 0 Å². The van der Waals surface area contributed by atoms with E-state index in [1.54, 1.807) is 4.52 Å². The minimum absolute atomic E-state index is 0.000139. The summed E-state index contributed by atoms with van der Waals surface area (Å²) in [6.45, 7) is 6.29. The van der Waals surface area contributed by atoms with Crippen molar-refractivity contribution >= 4 is 11.6 Å². The van der Waals surface area contributed by atoms with Gasteiger partial charge in [0.05, 0.1) is 5.69 Å². The van der Waals surface area contributed by atoms with Gasteiger partial charge in [0.25, 0.3) is 0 Å². The van der Waals surface area contributed by atoms with Gasteiger partial charge in [0.1, 0.15) is 6.33 Å². The molecular weight excluding hydrogens is 178 g/mol. The minimum Gasteiger partial charge on any atom is -0.368 e. The van der Waals surface area contributed by atoms with Crippen molar-refractivity contribution in [2.24, 2.45) is 0 Å². The van der Waals surface area contributed by atoms with E-state index in [0.717, 1.165) is 11.3 Å². The number of nitrogens with zero attached hydrogens (tertiary/aromatic N) is 4. The van der Waals surface area contributed by atoms with Crippen LogP contribution in [0.25, 0.3) is 5.65 Å². The molecule has 0 aromatic carbocycles. The van der Waals surface area contributed by atoms with E-state index in [1.165, 1.54) is 6.33 Å². The number of aromatic nitrogens is 4. The fraction of sp³-hybridized carbons (Fsp3) is 0.444. The first-order chi connectivity index (χ1) is 6.48. The first kappa shape index (κ1) is 8.93. The van der Waals surface area contributed by atoms with Gasteiger partial charge in [-0.1, -0.05) is 20.8 Å². The third-order valence-corrected chi connectivity index (χ3v) is 2.06. The second-order valence-electron chi connectivity index (χ2n) is 4.28. The number of anilines is 1. The molecule has 14 heavy (non-hydrogen) atoms. The molecule has 0 aliphatic rings. The molecule has 2 heterocycles. The summed E-state index contributed by atoms with van der Waals surface area (Å²) in [4.78, 5) is 7.96. The van der Waals surface area contributed by atoms with Crippen LogP contribution in [0.1, 0.15) is 26.5 Å². The molecule has 2 rings (SSSR count). The van der Waals surface area contributed by atoms with Gasteiger partial charge in [0.2, 0.25) is 5.95 Å². The Balaban J connectivity index is 2.69. The average Bonchev–Trinajstić information content (AvgIpc) is 2.48. The van der Waals surface area contributed by atoms with E-state index in [-0.39, 0.29) is 5.41 Å². The van der Waals surface area contributed by atoms with Gasteiger partial charge in [-0.2, -0.15) is 9.61 Å². The Morgan fingerprint density at radius 3 is 2.57 bits per heavy atom. The quantitative estimate of drug-likeness (QED) is 0.674. The molecule has 5 nitrogen and oxygen atoms in total. The van der Waals surface area contributed by atoms with E-state index in [1.807, 2.05) is 6.07 Å². The maximum atomic E-state index is 5.66.